The van der Waals surface area contributed by atoms with Gasteiger partial charge < -0.3 is 0 Å². The van der Waals surface area contributed by atoms with E-state index in [1.807, 2.05) is 0 Å². The van der Waals surface area contributed by atoms with Gasteiger partial charge in [-0.1, -0.05) is 24.6 Å². The van der Waals surface area contributed by atoms with Crippen molar-refractivity contribution in [2.45, 2.75) is 33.2 Å². The highest BCUT2D eigenvalue weighted by Gasteiger charge is 1.79. The standard InChI is InChI=1S/C9H16Si/c1-4-5-7-10-8-6-9(2)3/h5-7H,4,8H2,1-3H3. The van der Waals surface area contributed by atoms with Gasteiger partial charge in [-0.05, 0) is 26.3 Å². The molecule has 0 heterocycles. The van der Waals surface area contributed by atoms with Crippen LogP contribution in [-0.4, -0.2) is 9.52 Å². The van der Waals surface area contributed by atoms with E-state index >= 15 is 0 Å². The van der Waals surface area contributed by atoms with E-state index in [1.165, 1.54) is 18.0 Å². The van der Waals surface area contributed by atoms with Gasteiger partial charge in [0.2, 0.25) is 0 Å². The van der Waals surface area contributed by atoms with E-state index in [9.17, 15) is 0 Å². The summed E-state index contributed by atoms with van der Waals surface area (Å²) in [6, 6.07) is 1.22. The molecule has 0 aliphatic rings. The Bertz CT molecular complexity index is 119. The molecule has 0 amide bonds. The third-order valence-electron chi connectivity index (χ3n) is 1.10. The molecule has 0 aliphatic heterocycles. The molecule has 0 N–H and O–H groups in total. The first-order valence-corrected chi connectivity index (χ1v) is 5.07. The van der Waals surface area contributed by atoms with Gasteiger partial charge in [0.1, 0.15) is 0 Å². The second kappa shape index (κ2) is 6.81. The van der Waals surface area contributed by atoms with E-state index in [2.05, 4.69) is 38.6 Å². The molecule has 0 saturated carbocycles. The van der Waals surface area contributed by atoms with Gasteiger partial charge in [-0.15, -0.1) is 5.70 Å². The van der Waals surface area contributed by atoms with Gasteiger partial charge in [0.15, 0.2) is 0 Å². The Morgan fingerprint density at radius 2 is 2.10 bits per heavy atom. The molecular weight excluding hydrogens is 136 g/mol. The Morgan fingerprint density at radius 1 is 1.40 bits per heavy atom. The maximum Gasteiger partial charge on any atom is 0.0740 e. The van der Waals surface area contributed by atoms with Crippen LogP contribution in [0.1, 0.15) is 27.2 Å². The highest BCUT2D eigenvalue weighted by Crippen LogP contribution is 1.92. The molecule has 10 heavy (non-hydrogen) atoms. The highest BCUT2D eigenvalue weighted by molar-refractivity contribution is 6.42. The molecule has 1 heteroatoms. The number of hydrogen-bond donors (Lipinski definition) is 0. The molecule has 0 bridgehead atoms. The van der Waals surface area contributed by atoms with Crippen LogP contribution in [0.25, 0.3) is 0 Å². The maximum atomic E-state index is 2.29. The van der Waals surface area contributed by atoms with Crippen LogP contribution in [0.4, 0.5) is 0 Å². The molecule has 0 fully saturated rings. The molecule has 0 saturated heterocycles. The van der Waals surface area contributed by atoms with Crippen LogP contribution in [0.5, 0.6) is 0 Å². The van der Waals surface area contributed by atoms with Crippen LogP contribution in [0.2, 0.25) is 6.04 Å². The second-order valence-corrected chi connectivity index (χ2v) is 3.65. The summed E-state index contributed by atoms with van der Waals surface area (Å²) in [6.45, 7) is 6.46. The molecule has 2 radical (unpaired) electrons. The minimum atomic E-state index is 0.975. The van der Waals surface area contributed by atoms with Gasteiger partial charge in [0, 0.05) is 0 Å². The van der Waals surface area contributed by atoms with E-state index < -0.39 is 0 Å². The number of allylic oxidation sites excluding steroid dienone is 3. The van der Waals surface area contributed by atoms with Gasteiger partial charge in [0.05, 0.1) is 9.52 Å². The summed E-state index contributed by atoms with van der Waals surface area (Å²) in [6.07, 6.45) is 5.69. The van der Waals surface area contributed by atoms with Crippen molar-refractivity contribution in [1.29, 1.82) is 0 Å². The molecule has 0 aliphatic carbocycles. The summed E-state index contributed by atoms with van der Waals surface area (Å²) < 4.78 is 0. The molecule has 0 rings (SSSR count). The lowest BCUT2D eigenvalue weighted by molar-refractivity contribution is 1.23. The molecule has 0 spiro atoms. The molecule has 0 unspecified atom stereocenters. The fourth-order valence-corrected chi connectivity index (χ4v) is 1.60. The lowest BCUT2D eigenvalue weighted by Crippen LogP contribution is -1.79. The van der Waals surface area contributed by atoms with Crippen molar-refractivity contribution in [2.24, 2.45) is 0 Å². The molecule has 0 aromatic carbocycles. The summed E-state index contributed by atoms with van der Waals surface area (Å²) in [5.74, 6) is 0. The minimum absolute atomic E-state index is 0.975. The lowest BCUT2D eigenvalue weighted by atomic mass is 10.3. The quantitative estimate of drug-likeness (QED) is 0.330. The summed E-state index contributed by atoms with van der Waals surface area (Å²) >= 11 is 0. The first-order chi connectivity index (χ1) is 4.77. The van der Waals surface area contributed by atoms with Gasteiger partial charge in [0.25, 0.3) is 0 Å². The largest absolute Gasteiger partial charge is 0.102 e. The fraction of sp³-hybridized carbons (Fsp3) is 0.556. The van der Waals surface area contributed by atoms with Crippen molar-refractivity contribution in [1.82, 2.24) is 0 Å². The Balaban J connectivity index is 3.21. The van der Waals surface area contributed by atoms with E-state index in [4.69, 9.17) is 0 Å². The smallest absolute Gasteiger partial charge is 0.0740 e. The molecular formula is C9H16Si. The zero-order valence-electron chi connectivity index (χ0n) is 7.15. The normalized spacial score (nSPS) is 10.3. The third-order valence-corrected chi connectivity index (χ3v) is 2.01. The summed E-state index contributed by atoms with van der Waals surface area (Å²) in [5, 5.41) is 0. The van der Waals surface area contributed by atoms with Crippen molar-refractivity contribution in [2.75, 3.05) is 0 Å². The number of hydrogen-bond acceptors (Lipinski definition) is 0. The topological polar surface area (TPSA) is 0 Å². The Morgan fingerprint density at radius 3 is 2.60 bits per heavy atom. The van der Waals surface area contributed by atoms with Crippen molar-refractivity contribution in [3.8, 4) is 0 Å². The summed E-state index contributed by atoms with van der Waals surface area (Å²) in [4.78, 5) is 0. The Hall–Kier alpha value is -0.303. The number of rotatable bonds is 4. The average Bonchev–Trinajstić information content (AvgIpc) is 1.87. The van der Waals surface area contributed by atoms with Crippen LogP contribution in [0.15, 0.2) is 23.4 Å². The van der Waals surface area contributed by atoms with E-state index in [1.54, 1.807) is 0 Å². The first kappa shape index (κ1) is 9.70. The summed E-state index contributed by atoms with van der Waals surface area (Å²) in [7, 11) is 0.975. The fourth-order valence-electron chi connectivity index (χ4n) is 0.532. The summed E-state index contributed by atoms with van der Waals surface area (Å²) in [5.41, 5.74) is 3.71. The second-order valence-electron chi connectivity index (χ2n) is 2.50. The van der Waals surface area contributed by atoms with Crippen molar-refractivity contribution < 1.29 is 0 Å². The molecule has 0 aromatic rings. The van der Waals surface area contributed by atoms with Crippen molar-refractivity contribution >= 4 is 9.52 Å². The van der Waals surface area contributed by atoms with E-state index in [0.717, 1.165) is 9.52 Å². The van der Waals surface area contributed by atoms with Crippen LogP contribution in [-0.2, 0) is 0 Å². The molecule has 0 atom stereocenters. The predicted molar refractivity (Wildman–Crippen MR) is 49.4 cm³/mol. The van der Waals surface area contributed by atoms with Crippen LogP contribution in [0.3, 0.4) is 0 Å². The first-order valence-electron chi connectivity index (χ1n) is 3.79. The third kappa shape index (κ3) is 7.70. The van der Waals surface area contributed by atoms with Gasteiger partial charge in [-0.25, -0.2) is 0 Å². The maximum absolute atomic E-state index is 2.29. The predicted octanol–water partition coefficient (Wildman–Crippen LogP) is 3.00. The van der Waals surface area contributed by atoms with Crippen LogP contribution in [0, 0.1) is 0 Å². The lowest BCUT2D eigenvalue weighted by Gasteiger charge is -1.86. The minimum Gasteiger partial charge on any atom is -0.102 e. The van der Waals surface area contributed by atoms with Crippen LogP contribution < -0.4 is 0 Å². The van der Waals surface area contributed by atoms with Gasteiger partial charge in [-0.3, -0.25) is 0 Å². The van der Waals surface area contributed by atoms with E-state index in [0.29, 0.717) is 0 Å². The SMILES string of the molecule is CCC=C[Si]CC=C(C)C. The Kier molecular flexibility index (Phi) is 6.61. The average molecular weight is 152 g/mol. The van der Waals surface area contributed by atoms with Gasteiger partial charge in [-0.2, -0.15) is 0 Å². The highest BCUT2D eigenvalue weighted by atomic mass is 28.2. The zero-order chi connectivity index (χ0) is 7.82. The monoisotopic (exact) mass is 152 g/mol. The van der Waals surface area contributed by atoms with Crippen molar-refractivity contribution in [3.05, 3.63) is 23.4 Å². The van der Waals surface area contributed by atoms with Crippen molar-refractivity contribution in [3.63, 3.8) is 0 Å². The Labute approximate surface area is 66.9 Å². The van der Waals surface area contributed by atoms with E-state index in [-0.39, 0.29) is 0 Å². The van der Waals surface area contributed by atoms with Crippen LogP contribution >= 0.6 is 0 Å². The molecule has 56 valence electrons. The molecule has 0 nitrogen and oxygen atoms in total. The van der Waals surface area contributed by atoms with Gasteiger partial charge >= 0.3 is 0 Å². The zero-order valence-corrected chi connectivity index (χ0v) is 8.15. The molecule has 0 aromatic heterocycles.